The summed E-state index contributed by atoms with van der Waals surface area (Å²) in [6, 6.07) is 0.602. The Morgan fingerprint density at radius 1 is 1.12 bits per heavy atom. The number of nitrogens with one attached hydrogen (secondary N) is 1. The number of ether oxygens (including phenoxy) is 1. The van der Waals surface area contributed by atoms with Crippen molar-refractivity contribution in [1.29, 1.82) is 0 Å². The number of hydrogen-bond donors (Lipinski definition) is 1. The Morgan fingerprint density at radius 3 is 2.29 bits per heavy atom. The van der Waals surface area contributed by atoms with E-state index in [4.69, 9.17) is 17.0 Å². The SMILES string of the molecule is CC1CN(C(=S)NC2CCCCC2)CC(C)O1. The van der Waals surface area contributed by atoms with E-state index < -0.39 is 0 Å². The van der Waals surface area contributed by atoms with Crippen molar-refractivity contribution in [2.24, 2.45) is 0 Å². The molecule has 1 N–H and O–H groups in total. The van der Waals surface area contributed by atoms with E-state index >= 15 is 0 Å². The minimum Gasteiger partial charge on any atom is -0.372 e. The third kappa shape index (κ3) is 3.81. The molecule has 1 aliphatic carbocycles. The molecule has 2 rings (SSSR count). The lowest BCUT2D eigenvalue weighted by molar-refractivity contribution is -0.0483. The molecular weight excluding hydrogens is 232 g/mol. The van der Waals surface area contributed by atoms with Crippen LogP contribution in [0.5, 0.6) is 0 Å². The van der Waals surface area contributed by atoms with Crippen LogP contribution in [-0.4, -0.2) is 41.4 Å². The zero-order valence-electron chi connectivity index (χ0n) is 10.9. The molecule has 0 spiro atoms. The second kappa shape index (κ2) is 6.01. The molecule has 1 aliphatic heterocycles. The highest BCUT2D eigenvalue weighted by Gasteiger charge is 2.25. The standard InChI is InChI=1S/C13H24N2OS/c1-10-8-15(9-11(2)16-10)13(17)14-12-6-4-3-5-7-12/h10-12H,3-9H2,1-2H3,(H,14,17). The summed E-state index contributed by atoms with van der Waals surface area (Å²) in [4.78, 5) is 2.27. The van der Waals surface area contributed by atoms with E-state index in [1.165, 1.54) is 32.1 Å². The number of hydrogen-bond acceptors (Lipinski definition) is 2. The molecule has 2 fully saturated rings. The Labute approximate surface area is 110 Å². The van der Waals surface area contributed by atoms with E-state index in [0.717, 1.165) is 18.2 Å². The Bertz CT molecular complexity index is 256. The molecule has 1 heterocycles. The van der Waals surface area contributed by atoms with Crippen LogP contribution in [0.4, 0.5) is 0 Å². The average Bonchev–Trinajstić information content (AvgIpc) is 2.29. The van der Waals surface area contributed by atoms with Gasteiger partial charge in [-0.2, -0.15) is 0 Å². The molecule has 1 saturated heterocycles. The highest BCUT2D eigenvalue weighted by molar-refractivity contribution is 7.80. The van der Waals surface area contributed by atoms with Gasteiger partial charge in [-0.25, -0.2) is 0 Å². The number of rotatable bonds is 1. The zero-order valence-corrected chi connectivity index (χ0v) is 11.8. The smallest absolute Gasteiger partial charge is 0.169 e. The first-order chi connectivity index (χ1) is 8.15. The first-order valence-corrected chi connectivity index (χ1v) is 7.27. The molecule has 2 aliphatic rings. The van der Waals surface area contributed by atoms with E-state index in [-0.39, 0.29) is 12.2 Å². The van der Waals surface area contributed by atoms with Crippen molar-refractivity contribution < 1.29 is 4.74 Å². The molecular formula is C13H24N2OS. The molecule has 0 radical (unpaired) electrons. The van der Waals surface area contributed by atoms with Crippen molar-refractivity contribution in [1.82, 2.24) is 10.2 Å². The molecule has 4 heteroatoms. The minimum atomic E-state index is 0.282. The quantitative estimate of drug-likeness (QED) is 0.728. The highest BCUT2D eigenvalue weighted by Crippen LogP contribution is 2.18. The number of thiocarbonyl (C=S) groups is 1. The Hall–Kier alpha value is -0.350. The van der Waals surface area contributed by atoms with Gasteiger partial charge in [0.05, 0.1) is 12.2 Å². The fraction of sp³-hybridized carbons (Fsp3) is 0.923. The largest absolute Gasteiger partial charge is 0.372 e. The lowest BCUT2D eigenvalue weighted by atomic mass is 9.96. The molecule has 17 heavy (non-hydrogen) atoms. The van der Waals surface area contributed by atoms with E-state index in [0.29, 0.717) is 6.04 Å². The van der Waals surface area contributed by atoms with Crippen LogP contribution in [0.25, 0.3) is 0 Å². The maximum absolute atomic E-state index is 5.73. The summed E-state index contributed by atoms with van der Waals surface area (Å²) in [7, 11) is 0. The van der Waals surface area contributed by atoms with Crippen LogP contribution in [-0.2, 0) is 4.74 Å². The molecule has 3 nitrogen and oxygen atoms in total. The number of nitrogens with zero attached hydrogens (tertiary/aromatic N) is 1. The van der Waals surface area contributed by atoms with E-state index in [1.807, 2.05) is 0 Å². The van der Waals surface area contributed by atoms with Crippen LogP contribution in [0, 0.1) is 0 Å². The molecule has 0 aromatic heterocycles. The summed E-state index contributed by atoms with van der Waals surface area (Å²) in [6.07, 6.45) is 7.18. The van der Waals surface area contributed by atoms with Crippen molar-refractivity contribution in [3.05, 3.63) is 0 Å². The zero-order chi connectivity index (χ0) is 12.3. The predicted octanol–water partition coefficient (Wildman–Crippen LogP) is 2.30. The van der Waals surface area contributed by atoms with Crippen molar-refractivity contribution >= 4 is 17.3 Å². The lowest BCUT2D eigenvalue weighted by Gasteiger charge is -2.38. The molecule has 0 bridgehead atoms. The number of morpholine rings is 1. The van der Waals surface area contributed by atoms with Crippen LogP contribution >= 0.6 is 12.2 Å². The average molecular weight is 256 g/mol. The van der Waals surface area contributed by atoms with Gasteiger partial charge >= 0.3 is 0 Å². The van der Waals surface area contributed by atoms with Crippen molar-refractivity contribution in [2.45, 2.75) is 64.2 Å². The summed E-state index contributed by atoms with van der Waals surface area (Å²) < 4.78 is 5.73. The Morgan fingerprint density at radius 2 is 1.71 bits per heavy atom. The molecule has 2 unspecified atom stereocenters. The lowest BCUT2D eigenvalue weighted by Crippen LogP contribution is -2.53. The van der Waals surface area contributed by atoms with E-state index in [1.54, 1.807) is 0 Å². The van der Waals surface area contributed by atoms with Crippen molar-refractivity contribution in [3.8, 4) is 0 Å². The highest BCUT2D eigenvalue weighted by atomic mass is 32.1. The summed E-state index contributed by atoms with van der Waals surface area (Å²) in [5.74, 6) is 0. The summed E-state index contributed by atoms with van der Waals surface area (Å²) in [5.41, 5.74) is 0. The van der Waals surface area contributed by atoms with Crippen molar-refractivity contribution in [2.75, 3.05) is 13.1 Å². The Kier molecular flexibility index (Phi) is 4.62. The maximum atomic E-state index is 5.73. The monoisotopic (exact) mass is 256 g/mol. The van der Waals surface area contributed by atoms with Crippen LogP contribution in [0.15, 0.2) is 0 Å². The molecule has 0 aromatic carbocycles. The van der Waals surface area contributed by atoms with Gasteiger partial charge in [0.1, 0.15) is 0 Å². The van der Waals surface area contributed by atoms with Gasteiger partial charge < -0.3 is 15.0 Å². The van der Waals surface area contributed by atoms with Crippen molar-refractivity contribution in [3.63, 3.8) is 0 Å². The fourth-order valence-electron chi connectivity index (χ4n) is 2.86. The van der Waals surface area contributed by atoms with Gasteiger partial charge in [0, 0.05) is 19.1 Å². The Balaban J connectivity index is 1.81. The van der Waals surface area contributed by atoms with Gasteiger partial charge in [0.25, 0.3) is 0 Å². The molecule has 1 saturated carbocycles. The van der Waals surface area contributed by atoms with E-state index in [9.17, 15) is 0 Å². The van der Waals surface area contributed by atoms with Crippen LogP contribution < -0.4 is 5.32 Å². The minimum absolute atomic E-state index is 0.282. The summed E-state index contributed by atoms with van der Waals surface area (Å²) in [6.45, 7) is 6.07. The topological polar surface area (TPSA) is 24.5 Å². The van der Waals surface area contributed by atoms with Crippen LogP contribution in [0.3, 0.4) is 0 Å². The van der Waals surface area contributed by atoms with Gasteiger partial charge in [-0.15, -0.1) is 0 Å². The summed E-state index contributed by atoms with van der Waals surface area (Å²) in [5, 5.41) is 4.46. The first kappa shape index (κ1) is 13.1. The predicted molar refractivity (Wildman–Crippen MR) is 74.2 cm³/mol. The fourth-order valence-corrected chi connectivity index (χ4v) is 3.17. The second-order valence-corrected chi connectivity index (χ2v) is 5.83. The molecule has 0 aromatic rings. The summed E-state index contributed by atoms with van der Waals surface area (Å²) >= 11 is 5.52. The molecule has 2 atom stereocenters. The maximum Gasteiger partial charge on any atom is 0.169 e. The van der Waals surface area contributed by atoms with Crippen LogP contribution in [0.2, 0.25) is 0 Å². The van der Waals surface area contributed by atoms with E-state index in [2.05, 4.69) is 24.1 Å². The third-order valence-corrected chi connectivity index (χ3v) is 4.02. The van der Waals surface area contributed by atoms with Crippen LogP contribution in [0.1, 0.15) is 46.0 Å². The molecule has 98 valence electrons. The second-order valence-electron chi connectivity index (χ2n) is 5.45. The van der Waals surface area contributed by atoms with Gasteiger partial charge in [-0.3, -0.25) is 0 Å². The van der Waals surface area contributed by atoms with Gasteiger partial charge in [-0.1, -0.05) is 19.3 Å². The van der Waals surface area contributed by atoms with Gasteiger partial charge in [0.15, 0.2) is 5.11 Å². The normalized spacial score (nSPS) is 31.3. The molecule has 0 amide bonds. The third-order valence-electron chi connectivity index (χ3n) is 3.64. The van der Waals surface area contributed by atoms with Gasteiger partial charge in [-0.05, 0) is 38.9 Å². The van der Waals surface area contributed by atoms with Gasteiger partial charge in [0.2, 0.25) is 0 Å². The first-order valence-electron chi connectivity index (χ1n) is 6.86.